The van der Waals surface area contributed by atoms with Crippen LogP contribution in [0.25, 0.3) is 0 Å². The SMILES string of the molecule is COc1ccc(CN2C(=O)CCC(c3cccc(N4CCC(C5CCNCC5)CC4)c3)C2=O)cc1. The molecule has 6 heteroatoms. The van der Waals surface area contributed by atoms with Crippen molar-refractivity contribution in [2.75, 3.05) is 38.2 Å². The molecule has 3 aliphatic rings. The van der Waals surface area contributed by atoms with E-state index in [1.54, 1.807) is 7.11 Å². The van der Waals surface area contributed by atoms with Gasteiger partial charge in [-0.15, -0.1) is 0 Å². The maximum absolute atomic E-state index is 13.4. The first-order chi connectivity index (χ1) is 17.1. The van der Waals surface area contributed by atoms with E-state index in [1.807, 2.05) is 24.3 Å². The van der Waals surface area contributed by atoms with Crippen molar-refractivity contribution in [2.45, 2.75) is 51.0 Å². The van der Waals surface area contributed by atoms with E-state index >= 15 is 0 Å². The van der Waals surface area contributed by atoms with Crippen LogP contribution in [0.1, 0.15) is 55.6 Å². The van der Waals surface area contributed by atoms with E-state index in [4.69, 9.17) is 4.74 Å². The van der Waals surface area contributed by atoms with E-state index in [1.165, 1.54) is 49.4 Å². The molecule has 1 N–H and O–H groups in total. The molecule has 2 aromatic rings. The number of piperidine rings is 3. The summed E-state index contributed by atoms with van der Waals surface area (Å²) in [5.41, 5.74) is 3.16. The molecule has 35 heavy (non-hydrogen) atoms. The van der Waals surface area contributed by atoms with Gasteiger partial charge < -0.3 is 15.0 Å². The number of imide groups is 1. The van der Waals surface area contributed by atoms with Crippen LogP contribution >= 0.6 is 0 Å². The molecule has 3 saturated heterocycles. The molecule has 0 bridgehead atoms. The van der Waals surface area contributed by atoms with Crippen molar-refractivity contribution < 1.29 is 14.3 Å². The maximum Gasteiger partial charge on any atom is 0.237 e. The molecular formula is C29H37N3O3. The molecule has 0 aromatic heterocycles. The molecule has 1 unspecified atom stereocenters. The fourth-order valence-electron chi connectivity index (χ4n) is 6.11. The minimum Gasteiger partial charge on any atom is -0.497 e. The third kappa shape index (κ3) is 5.37. The van der Waals surface area contributed by atoms with Gasteiger partial charge in [0.15, 0.2) is 0 Å². The number of likely N-dealkylation sites (tertiary alicyclic amines) is 1. The van der Waals surface area contributed by atoms with Crippen LogP contribution in [0.5, 0.6) is 5.75 Å². The van der Waals surface area contributed by atoms with E-state index < -0.39 is 0 Å². The number of nitrogens with zero attached hydrogens (tertiary/aromatic N) is 2. The summed E-state index contributed by atoms with van der Waals surface area (Å²) < 4.78 is 5.22. The molecule has 0 aliphatic carbocycles. The van der Waals surface area contributed by atoms with Crippen LogP contribution in [0.4, 0.5) is 5.69 Å². The van der Waals surface area contributed by atoms with Gasteiger partial charge in [-0.2, -0.15) is 0 Å². The highest BCUT2D eigenvalue weighted by molar-refractivity contribution is 6.01. The number of carbonyl (C=O) groups is 2. The Hall–Kier alpha value is -2.86. The highest BCUT2D eigenvalue weighted by Crippen LogP contribution is 2.35. The molecule has 1 atom stereocenters. The monoisotopic (exact) mass is 475 g/mol. The zero-order valence-corrected chi connectivity index (χ0v) is 20.7. The zero-order chi connectivity index (χ0) is 24.2. The van der Waals surface area contributed by atoms with Crippen LogP contribution in [0.15, 0.2) is 48.5 Å². The first-order valence-corrected chi connectivity index (χ1v) is 13.1. The minimum atomic E-state index is -0.266. The summed E-state index contributed by atoms with van der Waals surface area (Å²) in [4.78, 5) is 30.0. The lowest BCUT2D eigenvalue weighted by molar-refractivity contribution is -0.150. The Balaban J connectivity index is 1.25. The number of rotatable bonds is 6. The van der Waals surface area contributed by atoms with Crippen LogP contribution in [0.3, 0.4) is 0 Å². The van der Waals surface area contributed by atoms with Crippen molar-refractivity contribution in [3.8, 4) is 5.75 Å². The predicted molar refractivity (Wildman–Crippen MR) is 137 cm³/mol. The number of amides is 2. The van der Waals surface area contributed by atoms with Crippen LogP contribution in [0.2, 0.25) is 0 Å². The standard InChI is InChI=1S/C29H37N3O3/c1-35-26-7-5-21(6-8-26)20-32-28(33)10-9-27(29(32)34)24-3-2-4-25(19-24)31-17-13-23(14-18-31)22-11-15-30-16-12-22/h2-8,19,22-23,27,30H,9-18,20H2,1H3. The average Bonchev–Trinajstić information content (AvgIpc) is 2.92. The number of carbonyl (C=O) groups excluding carboxylic acids is 2. The van der Waals surface area contributed by atoms with Crippen LogP contribution < -0.4 is 15.0 Å². The molecule has 186 valence electrons. The number of anilines is 1. The lowest BCUT2D eigenvalue weighted by Crippen LogP contribution is -2.43. The van der Waals surface area contributed by atoms with E-state index in [9.17, 15) is 9.59 Å². The molecule has 0 saturated carbocycles. The van der Waals surface area contributed by atoms with E-state index in [2.05, 4.69) is 34.5 Å². The Morgan fingerprint density at radius 2 is 1.63 bits per heavy atom. The lowest BCUT2D eigenvalue weighted by atomic mass is 9.79. The van der Waals surface area contributed by atoms with Crippen molar-refractivity contribution in [1.82, 2.24) is 10.2 Å². The van der Waals surface area contributed by atoms with Gasteiger partial charge in [-0.05, 0) is 92.4 Å². The van der Waals surface area contributed by atoms with Gasteiger partial charge in [0.25, 0.3) is 0 Å². The number of hydrogen-bond donors (Lipinski definition) is 1. The summed E-state index contributed by atoms with van der Waals surface area (Å²) >= 11 is 0. The quantitative estimate of drug-likeness (QED) is 0.630. The molecule has 3 fully saturated rings. The van der Waals surface area contributed by atoms with Gasteiger partial charge in [0, 0.05) is 25.2 Å². The molecule has 0 radical (unpaired) electrons. The zero-order valence-electron chi connectivity index (χ0n) is 20.7. The number of benzene rings is 2. The normalized spacial score (nSPS) is 22.5. The van der Waals surface area contributed by atoms with Gasteiger partial charge >= 0.3 is 0 Å². The van der Waals surface area contributed by atoms with Crippen LogP contribution in [-0.2, 0) is 16.1 Å². The first-order valence-electron chi connectivity index (χ1n) is 13.1. The Morgan fingerprint density at radius 3 is 2.34 bits per heavy atom. The minimum absolute atomic E-state index is 0.0844. The number of ether oxygens (including phenoxy) is 1. The fourth-order valence-corrected chi connectivity index (χ4v) is 6.11. The van der Waals surface area contributed by atoms with Gasteiger partial charge in [-0.25, -0.2) is 0 Å². The summed E-state index contributed by atoms with van der Waals surface area (Å²) in [6.07, 6.45) is 6.12. The topological polar surface area (TPSA) is 61.9 Å². The molecule has 3 aliphatic heterocycles. The molecule has 2 aromatic carbocycles. The van der Waals surface area contributed by atoms with Gasteiger partial charge in [-0.3, -0.25) is 14.5 Å². The summed E-state index contributed by atoms with van der Waals surface area (Å²) in [7, 11) is 1.63. The first kappa shape index (κ1) is 23.9. The Morgan fingerprint density at radius 1 is 0.914 bits per heavy atom. The Labute approximate surface area is 208 Å². The summed E-state index contributed by atoms with van der Waals surface area (Å²) in [5.74, 6) is 2.04. The summed E-state index contributed by atoms with van der Waals surface area (Å²) in [5, 5.41) is 3.49. The predicted octanol–water partition coefficient (Wildman–Crippen LogP) is 4.34. The lowest BCUT2D eigenvalue weighted by Gasteiger charge is -2.39. The van der Waals surface area contributed by atoms with Crippen molar-refractivity contribution in [3.05, 3.63) is 59.7 Å². The van der Waals surface area contributed by atoms with Crippen LogP contribution in [0, 0.1) is 11.8 Å². The van der Waals surface area contributed by atoms with Crippen molar-refractivity contribution in [2.24, 2.45) is 11.8 Å². The largest absolute Gasteiger partial charge is 0.497 e. The summed E-state index contributed by atoms with van der Waals surface area (Å²) in [6, 6.07) is 16.0. The fraction of sp³-hybridized carbons (Fsp3) is 0.517. The van der Waals surface area contributed by atoms with Gasteiger partial charge in [0.2, 0.25) is 11.8 Å². The smallest absolute Gasteiger partial charge is 0.237 e. The van der Waals surface area contributed by atoms with E-state index in [0.29, 0.717) is 19.4 Å². The maximum atomic E-state index is 13.4. The number of nitrogens with one attached hydrogen (secondary N) is 1. The molecule has 3 heterocycles. The number of methoxy groups -OCH3 is 1. The molecule has 0 spiro atoms. The molecular weight excluding hydrogens is 438 g/mol. The van der Waals surface area contributed by atoms with Crippen molar-refractivity contribution in [3.63, 3.8) is 0 Å². The second-order valence-corrected chi connectivity index (χ2v) is 10.3. The number of hydrogen-bond acceptors (Lipinski definition) is 5. The third-order valence-corrected chi connectivity index (χ3v) is 8.24. The molecule has 2 amide bonds. The average molecular weight is 476 g/mol. The van der Waals surface area contributed by atoms with Gasteiger partial charge in [-0.1, -0.05) is 24.3 Å². The van der Waals surface area contributed by atoms with Gasteiger partial charge in [0.1, 0.15) is 5.75 Å². The Kier molecular flexibility index (Phi) is 7.37. The van der Waals surface area contributed by atoms with Crippen molar-refractivity contribution in [1.29, 1.82) is 0 Å². The second kappa shape index (κ2) is 10.8. The Bertz CT molecular complexity index is 1020. The molecule has 5 rings (SSSR count). The third-order valence-electron chi connectivity index (χ3n) is 8.24. The van der Waals surface area contributed by atoms with Crippen molar-refractivity contribution >= 4 is 17.5 Å². The van der Waals surface area contributed by atoms with E-state index in [-0.39, 0.29) is 17.7 Å². The highest BCUT2D eigenvalue weighted by atomic mass is 16.5. The highest BCUT2D eigenvalue weighted by Gasteiger charge is 2.35. The van der Waals surface area contributed by atoms with Crippen LogP contribution in [-0.4, -0.2) is 50.0 Å². The van der Waals surface area contributed by atoms with E-state index in [0.717, 1.165) is 41.8 Å². The van der Waals surface area contributed by atoms with Gasteiger partial charge in [0.05, 0.1) is 19.6 Å². The second-order valence-electron chi connectivity index (χ2n) is 10.3. The molecule has 6 nitrogen and oxygen atoms in total. The summed E-state index contributed by atoms with van der Waals surface area (Å²) in [6.45, 7) is 4.81.